The first-order valence-corrected chi connectivity index (χ1v) is 4.16. The van der Waals surface area contributed by atoms with Gasteiger partial charge >= 0.3 is 0 Å². The maximum Gasteiger partial charge on any atom is 0.163 e. The van der Waals surface area contributed by atoms with Crippen molar-refractivity contribution < 1.29 is 14.6 Å². The fourth-order valence-electron chi connectivity index (χ4n) is 1.24. The van der Waals surface area contributed by atoms with Crippen LogP contribution in [0.25, 0.3) is 0 Å². The van der Waals surface area contributed by atoms with Crippen LogP contribution in [0.2, 0.25) is 0 Å². The number of hydrogen-bond acceptors (Lipinski definition) is 3. The molecule has 3 heteroatoms. The Labute approximate surface area is 73.0 Å². The van der Waals surface area contributed by atoms with Gasteiger partial charge in [-0.05, 0) is 13.8 Å². The highest BCUT2D eigenvalue weighted by molar-refractivity contribution is 4.83. The molecule has 1 fully saturated rings. The van der Waals surface area contributed by atoms with Crippen molar-refractivity contribution in [3.8, 4) is 0 Å². The molecule has 0 radical (unpaired) electrons. The lowest BCUT2D eigenvalue weighted by Crippen LogP contribution is -2.23. The van der Waals surface area contributed by atoms with Gasteiger partial charge in [-0.15, -0.1) is 6.58 Å². The van der Waals surface area contributed by atoms with Crippen molar-refractivity contribution in [3.63, 3.8) is 0 Å². The molecule has 0 aromatic carbocycles. The van der Waals surface area contributed by atoms with E-state index in [-0.39, 0.29) is 6.10 Å². The predicted octanol–water partition coefficient (Wildman–Crippen LogP) is 1.07. The third kappa shape index (κ3) is 2.59. The highest BCUT2D eigenvalue weighted by Gasteiger charge is 2.33. The molecular weight excluding hydrogens is 156 g/mol. The van der Waals surface area contributed by atoms with Crippen LogP contribution in [-0.2, 0) is 9.47 Å². The first-order valence-electron chi connectivity index (χ1n) is 4.16. The van der Waals surface area contributed by atoms with Crippen LogP contribution in [0.15, 0.2) is 12.7 Å². The smallest absolute Gasteiger partial charge is 0.163 e. The zero-order valence-corrected chi connectivity index (χ0v) is 7.62. The third-order valence-electron chi connectivity index (χ3n) is 1.84. The van der Waals surface area contributed by atoms with Gasteiger partial charge in [0.25, 0.3) is 0 Å². The van der Waals surface area contributed by atoms with Crippen molar-refractivity contribution in [3.05, 3.63) is 12.7 Å². The second-order valence-corrected chi connectivity index (χ2v) is 3.49. The summed E-state index contributed by atoms with van der Waals surface area (Å²) in [6.07, 6.45) is 1.57. The van der Waals surface area contributed by atoms with Crippen LogP contribution in [0.4, 0.5) is 0 Å². The molecule has 0 amide bonds. The second-order valence-electron chi connectivity index (χ2n) is 3.49. The molecule has 0 aliphatic carbocycles. The van der Waals surface area contributed by atoms with E-state index >= 15 is 0 Å². The highest BCUT2D eigenvalue weighted by atomic mass is 16.7. The number of ether oxygens (including phenoxy) is 2. The van der Waals surface area contributed by atoms with E-state index in [0.29, 0.717) is 13.0 Å². The summed E-state index contributed by atoms with van der Waals surface area (Å²) in [6.45, 7) is 7.78. The van der Waals surface area contributed by atoms with Crippen LogP contribution < -0.4 is 0 Å². The molecule has 70 valence electrons. The van der Waals surface area contributed by atoms with Crippen LogP contribution >= 0.6 is 0 Å². The van der Waals surface area contributed by atoms with E-state index in [1.165, 1.54) is 6.08 Å². The third-order valence-corrected chi connectivity index (χ3v) is 1.84. The molecule has 2 atom stereocenters. The molecule has 0 spiro atoms. The zero-order valence-electron chi connectivity index (χ0n) is 7.62. The van der Waals surface area contributed by atoms with E-state index in [0.717, 1.165) is 0 Å². The van der Waals surface area contributed by atoms with Crippen molar-refractivity contribution in [1.29, 1.82) is 0 Å². The SMILES string of the molecule is C=C[C@@H](O)C[C@H]1COC(C)(C)O1. The molecule has 1 aliphatic rings. The molecular formula is C9H16O3. The molecule has 0 aromatic rings. The van der Waals surface area contributed by atoms with E-state index in [2.05, 4.69) is 6.58 Å². The summed E-state index contributed by atoms with van der Waals surface area (Å²) in [5.74, 6) is -0.494. The fraction of sp³-hybridized carbons (Fsp3) is 0.778. The Balaban J connectivity index is 2.33. The minimum Gasteiger partial charge on any atom is -0.389 e. The summed E-state index contributed by atoms with van der Waals surface area (Å²) in [5.41, 5.74) is 0. The molecule has 1 heterocycles. The first kappa shape index (κ1) is 9.71. The average molecular weight is 172 g/mol. The van der Waals surface area contributed by atoms with Crippen molar-refractivity contribution >= 4 is 0 Å². The Hall–Kier alpha value is -0.380. The standard InChI is InChI=1S/C9H16O3/c1-4-7(10)5-8-6-11-9(2,3)12-8/h4,7-8,10H,1,5-6H2,2-3H3/t7-,8+/m1/s1. The highest BCUT2D eigenvalue weighted by Crippen LogP contribution is 2.24. The van der Waals surface area contributed by atoms with Gasteiger partial charge < -0.3 is 14.6 Å². The lowest BCUT2D eigenvalue weighted by atomic mass is 10.2. The molecule has 0 bridgehead atoms. The van der Waals surface area contributed by atoms with E-state index in [1.54, 1.807) is 0 Å². The van der Waals surface area contributed by atoms with Crippen molar-refractivity contribution in [2.75, 3.05) is 6.61 Å². The van der Waals surface area contributed by atoms with Crippen LogP contribution in [0, 0.1) is 0 Å². The minimum absolute atomic E-state index is 0.00648. The maximum absolute atomic E-state index is 9.23. The van der Waals surface area contributed by atoms with Gasteiger partial charge in [-0.1, -0.05) is 6.08 Å². The Morgan fingerprint density at radius 2 is 2.42 bits per heavy atom. The van der Waals surface area contributed by atoms with Crippen molar-refractivity contribution in [2.45, 2.75) is 38.3 Å². The van der Waals surface area contributed by atoms with Gasteiger partial charge in [0.15, 0.2) is 5.79 Å². The second kappa shape index (κ2) is 3.56. The summed E-state index contributed by atoms with van der Waals surface area (Å²) in [7, 11) is 0. The zero-order chi connectivity index (χ0) is 9.19. The summed E-state index contributed by atoms with van der Waals surface area (Å²) in [4.78, 5) is 0. The number of rotatable bonds is 3. The van der Waals surface area contributed by atoms with Crippen LogP contribution in [0.5, 0.6) is 0 Å². The Morgan fingerprint density at radius 1 is 1.75 bits per heavy atom. The molecule has 0 unspecified atom stereocenters. The summed E-state index contributed by atoms with van der Waals surface area (Å²) < 4.78 is 10.8. The van der Waals surface area contributed by atoms with Gasteiger partial charge in [-0.25, -0.2) is 0 Å². The van der Waals surface area contributed by atoms with Crippen molar-refractivity contribution in [1.82, 2.24) is 0 Å². The molecule has 0 saturated carbocycles. The summed E-state index contributed by atoms with van der Waals surface area (Å²) in [5, 5.41) is 9.23. The van der Waals surface area contributed by atoms with Gasteiger partial charge in [0.2, 0.25) is 0 Å². The lowest BCUT2D eigenvalue weighted by Gasteiger charge is -2.17. The summed E-state index contributed by atoms with van der Waals surface area (Å²) >= 11 is 0. The molecule has 0 aromatic heterocycles. The number of aliphatic hydroxyl groups excluding tert-OH is 1. The van der Waals surface area contributed by atoms with Gasteiger partial charge in [0.1, 0.15) is 0 Å². The predicted molar refractivity (Wildman–Crippen MR) is 45.7 cm³/mol. The first-order chi connectivity index (χ1) is 5.53. The summed E-state index contributed by atoms with van der Waals surface area (Å²) in [6, 6.07) is 0. The molecule has 1 aliphatic heterocycles. The Bertz CT molecular complexity index is 165. The van der Waals surface area contributed by atoms with E-state index in [9.17, 15) is 5.11 Å². The molecule has 3 nitrogen and oxygen atoms in total. The van der Waals surface area contributed by atoms with Crippen LogP contribution in [0.3, 0.4) is 0 Å². The quantitative estimate of drug-likeness (QED) is 0.647. The van der Waals surface area contributed by atoms with Gasteiger partial charge in [0, 0.05) is 6.42 Å². The average Bonchev–Trinajstić information content (AvgIpc) is 2.30. The number of hydrogen-bond donors (Lipinski definition) is 1. The molecule has 1 N–H and O–H groups in total. The van der Waals surface area contributed by atoms with Gasteiger partial charge in [-0.2, -0.15) is 0 Å². The molecule has 1 saturated heterocycles. The normalized spacial score (nSPS) is 30.1. The van der Waals surface area contributed by atoms with E-state index < -0.39 is 11.9 Å². The van der Waals surface area contributed by atoms with E-state index in [4.69, 9.17) is 9.47 Å². The van der Waals surface area contributed by atoms with Crippen LogP contribution in [0.1, 0.15) is 20.3 Å². The fourth-order valence-corrected chi connectivity index (χ4v) is 1.24. The molecule has 1 rings (SSSR count). The Morgan fingerprint density at radius 3 is 2.83 bits per heavy atom. The van der Waals surface area contributed by atoms with Gasteiger partial charge in [0.05, 0.1) is 18.8 Å². The number of aliphatic hydroxyl groups is 1. The van der Waals surface area contributed by atoms with Crippen molar-refractivity contribution in [2.24, 2.45) is 0 Å². The lowest BCUT2D eigenvalue weighted by molar-refractivity contribution is -0.140. The minimum atomic E-state index is -0.494. The van der Waals surface area contributed by atoms with Crippen LogP contribution in [-0.4, -0.2) is 29.7 Å². The Kier molecular flexibility index (Phi) is 2.88. The largest absolute Gasteiger partial charge is 0.389 e. The maximum atomic E-state index is 9.23. The van der Waals surface area contributed by atoms with E-state index in [1.807, 2.05) is 13.8 Å². The topological polar surface area (TPSA) is 38.7 Å². The van der Waals surface area contributed by atoms with Gasteiger partial charge in [-0.3, -0.25) is 0 Å². The monoisotopic (exact) mass is 172 g/mol. The molecule has 12 heavy (non-hydrogen) atoms.